The van der Waals surface area contributed by atoms with Crippen molar-refractivity contribution in [3.8, 4) is 6.07 Å². The van der Waals surface area contributed by atoms with E-state index in [0.717, 1.165) is 24.9 Å². The fraction of sp³-hybridized carbons (Fsp3) is 0.941. The fourth-order valence-corrected chi connectivity index (χ4v) is 4.21. The van der Waals surface area contributed by atoms with Gasteiger partial charge in [-0.3, -0.25) is 5.32 Å². The first kappa shape index (κ1) is 14.4. The number of likely N-dealkylation sites (tertiary alicyclic amines) is 1. The van der Waals surface area contributed by atoms with Crippen LogP contribution in [0.2, 0.25) is 0 Å². The van der Waals surface area contributed by atoms with E-state index in [1.54, 1.807) is 0 Å². The van der Waals surface area contributed by atoms with E-state index >= 15 is 0 Å². The second kappa shape index (κ2) is 6.03. The SMILES string of the molecule is CC(C#N)(CCN1CCCC2CCCCC21)NC1CC1. The molecular weight excluding hydrogens is 246 g/mol. The lowest BCUT2D eigenvalue weighted by Crippen LogP contribution is -2.50. The maximum Gasteiger partial charge on any atom is 0.105 e. The van der Waals surface area contributed by atoms with Gasteiger partial charge in [0, 0.05) is 18.6 Å². The third-order valence-corrected chi connectivity index (χ3v) is 5.60. The third-order valence-electron chi connectivity index (χ3n) is 5.60. The first-order valence-corrected chi connectivity index (χ1v) is 8.63. The molecular formula is C17H29N3. The Labute approximate surface area is 123 Å². The van der Waals surface area contributed by atoms with Crippen LogP contribution in [-0.4, -0.2) is 35.6 Å². The molecule has 0 radical (unpaired) electrons. The van der Waals surface area contributed by atoms with Gasteiger partial charge in [0.25, 0.3) is 0 Å². The van der Waals surface area contributed by atoms with Crippen molar-refractivity contribution >= 4 is 0 Å². The minimum absolute atomic E-state index is 0.317. The van der Waals surface area contributed by atoms with Crippen molar-refractivity contribution in [1.29, 1.82) is 5.26 Å². The average molecular weight is 275 g/mol. The quantitative estimate of drug-likeness (QED) is 0.838. The van der Waals surface area contributed by atoms with Gasteiger partial charge in [0.05, 0.1) is 6.07 Å². The number of piperidine rings is 1. The highest BCUT2D eigenvalue weighted by Gasteiger charge is 2.36. The Balaban J connectivity index is 1.54. The molecule has 3 nitrogen and oxygen atoms in total. The van der Waals surface area contributed by atoms with E-state index in [1.807, 2.05) is 0 Å². The Morgan fingerprint density at radius 3 is 2.65 bits per heavy atom. The molecule has 1 heterocycles. The molecule has 1 aliphatic heterocycles. The van der Waals surface area contributed by atoms with E-state index < -0.39 is 0 Å². The molecule has 1 saturated heterocycles. The highest BCUT2D eigenvalue weighted by molar-refractivity contribution is 5.07. The van der Waals surface area contributed by atoms with E-state index in [9.17, 15) is 5.26 Å². The lowest BCUT2D eigenvalue weighted by Gasteiger charge is -2.45. The van der Waals surface area contributed by atoms with Gasteiger partial charge < -0.3 is 4.90 Å². The molecule has 3 unspecified atom stereocenters. The zero-order chi connectivity index (χ0) is 14.0. The van der Waals surface area contributed by atoms with Gasteiger partial charge in [0.2, 0.25) is 0 Å². The van der Waals surface area contributed by atoms with Crippen LogP contribution in [-0.2, 0) is 0 Å². The summed E-state index contributed by atoms with van der Waals surface area (Å²) in [6.07, 6.45) is 12.0. The van der Waals surface area contributed by atoms with Crippen LogP contribution in [0.5, 0.6) is 0 Å². The monoisotopic (exact) mass is 275 g/mol. The van der Waals surface area contributed by atoms with E-state index in [0.29, 0.717) is 6.04 Å². The molecule has 0 bridgehead atoms. The van der Waals surface area contributed by atoms with Crippen LogP contribution in [0.1, 0.15) is 64.7 Å². The molecule has 1 N–H and O–H groups in total. The Morgan fingerprint density at radius 2 is 1.90 bits per heavy atom. The van der Waals surface area contributed by atoms with E-state index in [-0.39, 0.29) is 5.54 Å². The van der Waals surface area contributed by atoms with Crippen molar-refractivity contribution in [3.63, 3.8) is 0 Å². The van der Waals surface area contributed by atoms with Crippen LogP contribution in [0.3, 0.4) is 0 Å². The second-order valence-corrected chi connectivity index (χ2v) is 7.40. The maximum absolute atomic E-state index is 9.49. The Hall–Kier alpha value is -0.590. The fourth-order valence-electron chi connectivity index (χ4n) is 4.21. The van der Waals surface area contributed by atoms with Crippen LogP contribution >= 0.6 is 0 Å². The van der Waals surface area contributed by atoms with Crippen molar-refractivity contribution in [3.05, 3.63) is 0 Å². The van der Waals surface area contributed by atoms with Crippen molar-refractivity contribution in [1.82, 2.24) is 10.2 Å². The van der Waals surface area contributed by atoms with E-state index in [1.165, 1.54) is 57.9 Å². The largest absolute Gasteiger partial charge is 0.300 e. The Kier molecular flexibility index (Phi) is 4.33. The Morgan fingerprint density at radius 1 is 1.15 bits per heavy atom. The summed E-state index contributed by atoms with van der Waals surface area (Å²) in [6.45, 7) is 4.45. The molecule has 2 aliphatic carbocycles. The summed E-state index contributed by atoms with van der Waals surface area (Å²) < 4.78 is 0. The first-order valence-electron chi connectivity index (χ1n) is 8.63. The number of nitrogens with zero attached hydrogens (tertiary/aromatic N) is 2. The number of rotatable bonds is 5. The van der Waals surface area contributed by atoms with Crippen LogP contribution in [0.25, 0.3) is 0 Å². The van der Waals surface area contributed by atoms with Gasteiger partial charge >= 0.3 is 0 Å². The lowest BCUT2D eigenvalue weighted by atomic mass is 9.78. The lowest BCUT2D eigenvalue weighted by molar-refractivity contribution is 0.0558. The predicted molar refractivity (Wildman–Crippen MR) is 81.3 cm³/mol. The zero-order valence-corrected chi connectivity index (χ0v) is 12.9. The standard InChI is InChI=1S/C17H29N3/c1-17(13-18,19-15-8-9-15)10-12-20-11-4-6-14-5-2-3-7-16(14)20/h14-16,19H,2-12H2,1H3. The van der Waals surface area contributed by atoms with Gasteiger partial charge in [-0.25, -0.2) is 0 Å². The summed E-state index contributed by atoms with van der Waals surface area (Å²) in [7, 11) is 0. The minimum Gasteiger partial charge on any atom is -0.300 e. The van der Waals surface area contributed by atoms with Gasteiger partial charge in [-0.05, 0) is 64.3 Å². The number of hydrogen-bond acceptors (Lipinski definition) is 3. The predicted octanol–water partition coefficient (Wildman–Crippen LogP) is 3.07. The minimum atomic E-state index is -0.317. The highest BCUT2D eigenvalue weighted by atomic mass is 15.2. The Bertz CT molecular complexity index is 369. The summed E-state index contributed by atoms with van der Waals surface area (Å²) in [6, 6.07) is 3.96. The summed E-state index contributed by atoms with van der Waals surface area (Å²) >= 11 is 0. The molecule has 0 aromatic heterocycles. The molecule has 3 aliphatic rings. The van der Waals surface area contributed by atoms with Gasteiger partial charge in [-0.1, -0.05) is 12.8 Å². The van der Waals surface area contributed by atoms with Crippen LogP contribution in [0.4, 0.5) is 0 Å². The summed E-state index contributed by atoms with van der Waals surface area (Å²) in [4.78, 5) is 2.71. The van der Waals surface area contributed by atoms with E-state index in [2.05, 4.69) is 23.2 Å². The van der Waals surface area contributed by atoms with Crippen LogP contribution in [0.15, 0.2) is 0 Å². The molecule has 3 heteroatoms. The third kappa shape index (κ3) is 3.35. The van der Waals surface area contributed by atoms with Crippen LogP contribution in [0, 0.1) is 17.2 Å². The van der Waals surface area contributed by atoms with Gasteiger partial charge in [-0.2, -0.15) is 5.26 Å². The van der Waals surface area contributed by atoms with Gasteiger partial charge in [-0.15, -0.1) is 0 Å². The molecule has 3 rings (SSSR count). The number of hydrogen-bond donors (Lipinski definition) is 1. The molecule has 3 atom stereocenters. The molecule has 0 amide bonds. The maximum atomic E-state index is 9.49. The molecule has 2 saturated carbocycles. The van der Waals surface area contributed by atoms with Crippen molar-refractivity contribution < 1.29 is 0 Å². The molecule has 0 spiro atoms. The molecule has 112 valence electrons. The zero-order valence-electron chi connectivity index (χ0n) is 12.9. The highest BCUT2D eigenvalue weighted by Crippen LogP contribution is 2.35. The second-order valence-electron chi connectivity index (χ2n) is 7.40. The summed E-state index contributed by atoms with van der Waals surface area (Å²) in [5.74, 6) is 0.947. The number of fused-ring (bicyclic) bond motifs is 1. The molecule has 3 fully saturated rings. The topological polar surface area (TPSA) is 39.1 Å². The van der Waals surface area contributed by atoms with Gasteiger partial charge in [0.15, 0.2) is 0 Å². The van der Waals surface area contributed by atoms with Crippen molar-refractivity contribution in [2.45, 2.75) is 82.3 Å². The first-order chi connectivity index (χ1) is 9.70. The summed E-state index contributed by atoms with van der Waals surface area (Å²) in [5.41, 5.74) is -0.317. The molecule has 20 heavy (non-hydrogen) atoms. The molecule has 0 aromatic rings. The van der Waals surface area contributed by atoms with Crippen LogP contribution < -0.4 is 5.32 Å². The number of nitriles is 1. The summed E-state index contributed by atoms with van der Waals surface area (Å²) in [5, 5.41) is 13.0. The van der Waals surface area contributed by atoms with Crippen molar-refractivity contribution in [2.75, 3.05) is 13.1 Å². The van der Waals surface area contributed by atoms with E-state index in [4.69, 9.17) is 0 Å². The number of nitrogens with one attached hydrogen (secondary N) is 1. The average Bonchev–Trinajstić information content (AvgIpc) is 3.29. The normalized spacial score (nSPS) is 34.0. The molecule has 0 aromatic carbocycles. The van der Waals surface area contributed by atoms with Crippen molar-refractivity contribution in [2.24, 2.45) is 5.92 Å². The smallest absolute Gasteiger partial charge is 0.105 e. The van der Waals surface area contributed by atoms with Gasteiger partial charge in [0.1, 0.15) is 5.54 Å².